The van der Waals surface area contributed by atoms with Gasteiger partial charge in [-0.15, -0.1) is 12.4 Å². The highest BCUT2D eigenvalue weighted by Gasteiger charge is 1.86. The largest absolute Gasteiger partial charge is 0.362 e. The number of hydrogen-bond donors (Lipinski definition) is 1. The van der Waals surface area contributed by atoms with Crippen LogP contribution in [0.4, 0.5) is 11.4 Å². The molecule has 2 aromatic carbocycles. The first-order valence-electron chi connectivity index (χ1n) is 5.61. The lowest BCUT2D eigenvalue weighted by molar-refractivity contribution is 1.52. The zero-order valence-electron chi connectivity index (χ0n) is 10.2. The molecule has 2 rings (SSSR count). The van der Waals surface area contributed by atoms with Gasteiger partial charge < -0.3 is 5.32 Å². The highest BCUT2D eigenvalue weighted by molar-refractivity contribution is 9.10. The van der Waals surface area contributed by atoms with Crippen molar-refractivity contribution in [2.75, 3.05) is 5.32 Å². The second-order valence-electron chi connectivity index (χ2n) is 3.62. The normalized spacial score (nSPS) is 10.6. The molecule has 0 aliphatic carbocycles. The predicted molar refractivity (Wildman–Crippen MR) is 88.7 cm³/mol. The van der Waals surface area contributed by atoms with E-state index in [1.54, 1.807) is 6.21 Å². The number of nitrogens with zero attached hydrogens (tertiary/aromatic N) is 1. The van der Waals surface area contributed by atoms with Gasteiger partial charge in [0.1, 0.15) is 0 Å². The minimum atomic E-state index is 0. The summed E-state index contributed by atoms with van der Waals surface area (Å²) in [7, 11) is 0. The van der Waals surface area contributed by atoms with Crippen molar-refractivity contribution in [1.29, 1.82) is 0 Å². The summed E-state index contributed by atoms with van der Waals surface area (Å²) in [6.07, 6.45) is 5.49. The molecule has 0 aliphatic rings. The number of nitrogens with one attached hydrogen (secondary N) is 1. The van der Waals surface area contributed by atoms with E-state index in [1.165, 1.54) is 0 Å². The minimum Gasteiger partial charge on any atom is -0.362 e. The Kier molecular flexibility index (Phi) is 6.93. The summed E-state index contributed by atoms with van der Waals surface area (Å²) >= 11 is 3.39. The van der Waals surface area contributed by atoms with E-state index in [2.05, 4.69) is 26.2 Å². The van der Waals surface area contributed by atoms with Crippen LogP contribution in [0.1, 0.15) is 0 Å². The number of hydrogen-bond acceptors (Lipinski definition) is 2. The van der Waals surface area contributed by atoms with Crippen LogP contribution in [0.2, 0.25) is 0 Å². The standard InChI is InChI=1S/C15H13BrN2.ClH/c16-13-7-9-15(10-8-13)18-12-4-11-17-14-5-2-1-3-6-14;/h1-12,17H;1H. The van der Waals surface area contributed by atoms with Gasteiger partial charge in [-0.2, -0.15) is 0 Å². The monoisotopic (exact) mass is 336 g/mol. The molecule has 0 heterocycles. The lowest BCUT2D eigenvalue weighted by Crippen LogP contribution is -1.85. The average Bonchev–Trinajstić information content (AvgIpc) is 2.42. The van der Waals surface area contributed by atoms with Gasteiger partial charge in [0.25, 0.3) is 0 Å². The van der Waals surface area contributed by atoms with Crippen LogP contribution in [-0.2, 0) is 0 Å². The van der Waals surface area contributed by atoms with Gasteiger partial charge in [-0.1, -0.05) is 34.1 Å². The van der Waals surface area contributed by atoms with Gasteiger partial charge in [-0.05, 0) is 42.5 Å². The Morgan fingerprint density at radius 2 is 1.63 bits per heavy atom. The van der Waals surface area contributed by atoms with Crippen molar-refractivity contribution < 1.29 is 0 Å². The quantitative estimate of drug-likeness (QED) is 0.762. The first kappa shape index (κ1) is 15.5. The van der Waals surface area contributed by atoms with Crippen LogP contribution in [0, 0.1) is 0 Å². The van der Waals surface area contributed by atoms with Gasteiger partial charge in [-0.3, -0.25) is 4.99 Å². The highest BCUT2D eigenvalue weighted by atomic mass is 79.9. The number of benzene rings is 2. The molecular weight excluding hydrogens is 324 g/mol. The van der Waals surface area contributed by atoms with E-state index in [1.807, 2.05) is 66.9 Å². The Morgan fingerprint density at radius 1 is 0.947 bits per heavy atom. The number of anilines is 1. The van der Waals surface area contributed by atoms with Gasteiger partial charge in [0.05, 0.1) is 5.69 Å². The van der Waals surface area contributed by atoms with Gasteiger partial charge in [0, 0.05) is 22.6 Å². The van der Waals surface area contributed by atoms with Crippen molar-refractivity contribution >= 4 is 45.9 Å². The summed E-state index contributed by atoms with van der Waals surface area (Å²) in [5, 5.41) is 3.16. The van der Waals surface area contributed by atoms with Crippen LogP contribution in [-0.4, -0.2) is 6.21 Å². The molecule has 2 aromatic rings. The molecule has 0 unspecified atom stereocenters. The van der Waals surface area contributed by atoms with Crippen LogP contribution < -0.4 is 5.32 Å². The average molecular weight is 338 g/mol. The number of para-hydroxylation sites is 1. The third-order valence-corrected chi connectivity index (χ3v) is 2.78. The van der Waals surface area contributed by atoms with Crippen molar-refractivity contribution in [3.63, 3.8) is 0 Å². The maximum absolute atomic E-state index is 4.31. The topological polar surface area (TPSA) is 24.4 Å². The van der Waals surface area contributed by atoms with Crippen molar-refractivity contribution in [1.82, 2.24) is 0 Å². The Labute approximate surface area is 127 Å². The van der Waals surface area contributed by atoms with E-state index in [0.717, 1.165) is 15.8 Å². The fourth-order valence-electron chi connectivity index (χ4n) is 1.38. The summed E-state index contributed by atoms with van der Waals surface area (Å²) in [5.74, 6) is 0. The molecular formula is C15H14BrClN2. The molecule has 0 saturated heterocycles. The molecule has 4 heteroatoms. The van der Waals surface area contributed by atoms with Gasteiger partial charge in [0.2, 0.25) is 0 Å². The summed E-state index contributed by atoms with van der Waals surface area (Å²) in [6.45, 7) is 0. The molecule has 0 amide bonds. The van der Waals surface area contributed by atoms with E-state index in [4.69, 9.17) is 0 Å². The summed E-state index contributed by atoms with van der Waals surface area (Å²) in [6, 6.07) is 17.9. The number of allylic oxidation sites excluding steroid dienone is 1. The molecule has 0 radical (unpaired) electrons. The van der Waals surface area contributed by atoms with Crippen LogP contribution in [0.25, 0.3) is 0 Å². The summed E-state index contributed by atoms with van der Waals surface area (Å²) in [5.41, 5.74) is 1.99. The smallest absolute Gasteiger partial charge is 0.0630 e. The molecule has 98 valence electrons. The van der Waals surface area contributed by atoms with Gasteiger partial charge in [-0.25, -0.2) is 0 Å². The Morgan fingerprint density at radius 3 is 2.32 bits per heavy atom. The Bertz CT molecular complexity index is 536. The van der Waals surface area contributed by atoms with E-state index < -0.39 is 0 Å². The molecule has 0 spiro atoms. The zero-order valence-corrected chi connectivity index (χ0v) is 12.6. The molecule has 19 heavy (non-hydrogen) atoms. The molecule has 0 atom stereocenters. The molecule has 1 N–H and O–H groups in total. The molecule has 0 aliphatic heterocycles. The fraction of sp³-hybridized carbons (Fsp3) is 0. The lowest BCUT2D eigenvalue weighted by atomic mass is 10.3. The first-order valence-corrected chi connectivity index (χ1v) is 6.40. The molecule has 0 bridgehead atoms. The maximum Gasteiger partial charge on any atom is 0.0630 e. The molecule has 0 fully saturated rings. The Hall–Kier alpha value is -1.58. The second-order valence-corrected chi connectivity index (χ2v) is 4.54. The van der Waals surface area contributed by atoms with E-state index in [0.29, 0.717) is 0 Å². The van der Waals surface area contributed by atoms with Crippen molar-refractivity contribution in [2.24, 2.45) is 4.99 Å². The highest BCUT2D eigenvalue weighted by Crippen LogP contribution is 2.16. The van der Waals surface area contributed by atoms with Crippen molar-refractivity contribution in [3.8, 4) is 0 Å². The van der Waals surface area contributed by atoms with Crippen LogP contribution in [0.5, 0.6) is 0 Å². The van der Waals surface area contributed by atoms with E-state index >= 15 is 0 Å². The van der Waals surface area contributed by atoms with E-state index in [9.17, 15) is 0 Å². The third-order valence-electron chi connectivity index (χ3n) is 2.26. The number of rotatable bonds is 4. The van der Waals surface area contributed by atoms with Crippen molar-refractivity contribution in [2.45, 2.75) is 0 Å². The van der Waals surface area contributed by atoms with Crippen LogP contribution in [0.3, 0.4) is 0 Å². The second kappa shape index (κ2) is 8.51. The fourth-order valence-corrected chi connectivity index (χ4v) is 1.64. The first-order chi connectivity index (χ1) is 8.84. The SMILES string of the molecule is Brc1ccc(N=CC=CNc2ccccc2)cc1.Cl. The third kappa shape index (κ3) is 5.73. The van der Waals surface area contributed by atoms with Crippen LogP contribution >= 0.6 is 28.3 Å². The van der Waals surface area contributed by atoms with Gasteiger partial charge in [0.15, 0.2) is 0 Å². The molecule has 0 aromatic heterocycles. The number of halogens is 2. The lowest BCUT2D eigenvalue weighted by Gasteiger charge is -1.97. The zero-order chi connectivity index (χ0) is 12.6. The van der Waals surface area contributed by atoms with E-state index in [-0.39, 0.29) is 12.4 Å². The summed E-state index contributed by atoms with van der Waals surface area (Å²) in [4.78, 5) is 4.31. The predicted octanol–water partition coefficient (Wildman–Crippen LogP) is 5.20. The van der Waals surface area contributed by atoms with Crippen molar-refractivity contribution in [3.05, 3.63) is 71.3 Å². The van der Waals surface area contributed by atoms with Gasteiger partial charge >= 0.3 is 0 Å². The molecule has 0 saturated carbocycles. The number of aliphatic imine (C=N–C) groups is 1. The maximum atomic E-state index is 4.31. The van der Waals surface area contributed by atoms with Crippen LogP contribution in [0.15, 0.2) is 76.3 Å². The Balaban J connectivity index is 0.00000180. The summed E-state index contributed by atoms with van der Waals surface area (Å²) < 4.78 is 1.06. The minimum absolute atomic E-state index is 0. The molecule has 2 nitrogen and oxygen atoms in total.